The quantitative estimate of drug-likeness (QED) is 0.516. The Balaban J connectivity index is 2.49. The van der Waals surface area contributed by atoms with Crippen molar-refractivity contribution in [3.63, 3.8) is 0 Å². The van der Waals surface area contributed by atoms with Gasteiger partial charge in [-0.05, 0) is 5.92 Å². The summed E-state index contributed by atoms with van der Waals surface area (Å²) in [4.78, 5) is 32.0. The minimum absolute atomic E-state index is 0.110. The van der Waals surface area contributed by atoms with Crippen molar-refractivity contribution >= 4 is 17.7 Å². The molecule has 0 aliphatic carbocycles. The second-order valence-electron chi connectivity index (χ2n) is 2.92. The molecule has 0 aromatic rings. The van der Waals surface area contributed by atoms with Crippen LogP contribution < -0.4 is 11.1 Å². The summed E-state index contributed by atoms with van der Waals surface area (Å²) in [7, 11) is 0. The second kappa shape index (κ2) is 3.34. The van der Waals surface area contributed by atoms with Crippen LogP contribution in [0, 0.1) is 5.92 Å². The number of rotatable bonds is 2. The fraction of sp³-hybridized carbons (Fsp3) is 0.571. The molecule has 1 saturated heterocycles. The van der Waals surface area contributed by atoms with Gasteiger partial charge in [-0.25, -0.2) is 0 Å². The van der Waals surface area contributed by atoms with Gasteiger partial charge < -0.3 is 5.73 Å². The highest BCUT2D eigenvalue weighted by atomic mass is 16.2. The fourth-order valence-electron chi connectivity index (χ4n) is 1.28. The van der Waals surface area contributed by atoms with Crippen molar-refractivity contribution in [2.24, 2.45) is 11.7 Å². The van der Waals surface area contributed by atoms with Gasteiger partial charge >= 0.3 is 0 Å². The van der Waals surface area contributed by atoms with Gasteiger partial charge in [0, 0.05) is 19.3 Å². The Kier molecular flexibility index (Phi) is 2.42. The lowest BCUT2D eigenvalue weighted by Gasteiger charge is -2.18. The summed E-state index contributed by atoms with van der Waals surface area (Å²) in [6.07, 6.45) is 0.544. The van der Waals surface area contributed by atoms with E-state index in [9.17, 15) is 14.4 Å². The van der Waals surface area contributed by atoms with Crippen LogP contribution in [0.2, 0.25) is 0 Å². The zero-order valence-electron chi connectivity index (χ0n) is 6.50. The van der Waals surface area contributed by atoms with Crippen molar-refractivity contribution in [2.75, 3.05) is 0 Å². The summed E-state index contributed by atoms with van der Waals surface area (Å²) in [6, 6.07) is 0. The van der Waals surface area contributed by atoms with Gasteiger partial charge in [-0.2, -0.15) is 0 Å². The molecule has 0 atom stereocenters. The molecule has 0 aromatic heterocycles. The zero-order valence-corrected chi connectivity index (χ0v) is 6.50. The normalized spacial score (nSPS) is 19.0. The van der Waals surface area contributed by atoms with Gasteiger partial charge in [0.2, 0.25) is 17.7 Å². The third-order valence-electron chi connectivity index (χ3n) is 1.72. The molecule has 3 amide bonds. The van der Waals surface area contributed by atoms with E-state index in [0.29, 0.717) is 0 Å². The summed E-state index contributed by atoms with van der Waals surface area (Å²) in [5.41, 5.74) is 4.93. The Morgan fingerprint density at radius 1 is 1.42 bits per heavy atom. The first-order valence-electron chi connectivity index (χ1n) is 3.69. The lowest BCUT2D eigenvalue weighted by atomic mass is 9.93. The first-order chi connectivity index (χ1) is 5.58. The molecule has 1 aliphatic rings. The molecule has 1 heterocycles. The zero-order chi connectivity index (χ0) is 9.14. The van der Waals surface area contributed by atoms with Gasteiger partial charge in [-0.3, -0.25) is 19.7 Å². The summed E-state index contributed by atoms with van der Waals surface area (Å²) >= 11 is 0. The van der Waals surface area contributed by atoms with Crippen LogP contribution in [0.25, 0.3) is 0 Å². The van der Waals surface area contributed by atoms with Crippen LogP contribution in [0.3, 0.4) is 0 Å². The Morgan fingerprint density at radius 2 is 1.92 bits per heavy atom. The second-order valence-corrected chi connectivity index (χ2v) is 2.92. The number of carbonyl (C=O) groups excluding carboxylic acids is 3. The van der Waals surface area contributed by atoms with Crippen LogP contribution in [0.1, 0.15) is 19.3 Å². The van der Waals surface area contributed by atoms with Crippen molar-refractivity contribution in [3.05, 3.63) is 0 Å². The average molecular weight is 170 g/mol. The minimum atomic E-state index is -0.470. The van der Waals surface area contributed by atoms with Crippen molar-refractivity contribution < 1.29 is 14.4 Å². The van der Waals surface area contributed by atoms with E-state index < -0.39 is 5.91 Å². The van der Waals surface area contributed by atoms with Crippen LogP contribution in [-0.4, -0.2) is 17.7 Å². The third-order valence-corrected chi connectivity index (χ3v) is 1.72. The maximum absolute atomic E-state index is 10.8. The molecule has 0 spiro atoms. The number of piperidine rings is 1. The summed E-state index contributed by atoms with van der Waals surface area (Å²) in [6.45, 7) is 0. The first kappa shape index (κ1) is 8.70. The van der Waals surface area contributed by atoms with Crippen molar-refractivity contribution in [1.82, 2.24) is 5.32 Å². The summed E-state index contributed by atoms with van der Waals surface area (Å²) in [5.74, 6) is -1.32. The predicted octanol–water partition coefficient (Wildman–Crippen LogP) is -1.09. The predicted molar refractivity (Wildman–Crippen MR) is 39.7 cm³/mol. The molecular formula is C7H10N2O3. The SMILES string of the molecule is NC(=O)CC1CC(=O)NC(=O)C1. The number of nitrogens with one attached hydrogen (secondary N) is 1. The molecule has 0 aromatic carbocycles. The first-order valence-corrected chi connectivity index (χ1v) is 3.69. The van der Waals surface area contributed by atoms with E-state index >= 15 is 0 Å². The van der Waals surface area contributed by atoms with E-state index in [-0.39, 0.29) is 37.0 Å². The number of nitrogens with two attached hydrogens (primary N) is 1. The monoisotopic (exact) mass is 170 g/mol. The molecule has 1 aliphatic heterocycles. The van der Waals surface area contributed by atoms with Crippen LogP contribution in [-0.2, 0) is 14.4 Å². The molecule has 5 heteroatoms. The average Bonchev–Trinajstić information content (AvgIpc) is 1.81. The van der Waals surface area contributed by atoms with E-state index in [0.717, 1.165) is 0 Å². The van der Waals surface area contributed by atoms with Gasteiger partial charge in [0.1, 0.15) is 0 Å². The Morgan fingerprint density at radius 3 is 2.33 bits per heavy atom. The topological polar surface area (TPSA) is 89.3 Å². The van der Waals surface area contributed by atoms with Crippen molar-refractivity contribution in [2.45, 2.75) is 19.3 Å². The number of primary amides is 1. The standard InChI is InChI=1S/C7H10N2O3/c8-5(10)1-4-2-6(11)9-7(12)3-4/h4H,1-3H2,(H2,8,10)(H,9,11,12). The number of amides is 3. The molecule has 0 bridgehead atoms. The lowest BCUT2D eigenvalue weighted by Crippen LogP contribution is -2.39. The molecule has 12 heavy (non-hydrogen) atoms. The van der Waals surface area contributed by atoms with Gasteiger partial charge in [0.15, 0.2) is 0 Å². The molecular weight excluding hydrogens is 160 g/mol. The van der Waals surface area contributed by atoms with E-state index in [1.54, 1.807) is 0 Å². The van der Waals surface area contributed by atoms with Crippen molar-refractivity contribution in [1.29, 1.82) is 0 Å². The van der Waals surface area contributed by atoms with E-state index in [1.807, 2.05) is 0 Å². The smallest absolute Gasteiger partial charge is 0.226 e. The Labute approximate surface area is 69.3 Å². The van der Waals surface area contributed by atoms with E-state index in [1.165, 1.54) is 0 Å². The number of hydrogen-bond acceptors (Lipinski definition) is 3. The van der Waals surface area contributed by atoms with Crippen molar-refractivity contribution in [3.8, 4) is 0 Å². The van der Waals surface area contributed by atoms with Gasteiger partial charge in [0.05, 0.1) is 0 Å². The highest BCUT2D eigenvalue weighted by Crippen LogP contribution is 2.16. The van der Waals surface area contributed by atoms with Gasteiger partial charge in [0.25, 0.3) is 0 Å². The third kappa shape index (κ3) is 2.34. The number of imide groups is 1. The largest absolute Gasteiger partial charge is 0.370 e. The summed E-state index contributed by atoms with van der Waals surface area (Å²) < 4.78 is 0. The number of carbonyl (C=O) groups is 3. The van der Waals surface area contributed by atoms with Crippen LogP contribution in [0.5, 0.6) is 0 Å². The van der Waals surface area contributed by atoms with Crippen LogP contribution in [0.15, 0.2) is 0 Å². The fourth-order valence-corrected chi connectivity index (χ4v) is 1.28. The number of hydrogen-bond donors (Lipinski definition) is 2. The molecule has 66 valence electrons. The Hall–Kier alpha value is -1.39. The van der Waals surface area contributed by atoms with Gasteiger partial charge in [-0.1, -0.05) is 0 Å². The summed E-state index contributed by atoms with van der Waals surface area (Å²) in [5, 5.41) is 2.15. The van der Waals surface area contributed by atoms with Gasteiger partial charge in [-0.15, -0.1) is 0 Å². The maximum atomic E-state index is 10.8. The molecule has 0 saturated carbocycles. The Bertz CT molecular complexity index is 218. The molecule has 1 rings (SSSR count). The molecule has 0 unspecified atom stereocenters. The molecule has 3 N–H and O–H groups in total. The van der Waals surface area contributed by atoms with Crippen LogP contribution in [0.4, 0.5) is 0 Å². The molecule has 5 nitrogen and oxygen atoms in total. The maximum Gasteiger partial charge on any atom is 0.226 e. The highest BCUT2D eigenvalue weighted by molar-refractivity contribution is 5.98. The molecule has 1 fully saturated rings. The molecule has 0 radical (unpaired) electrons. The minimum Gasteiger partial charge on any atom is -0.370 e. The lowest BCUT2D eigenvalue weighted by molar-refractivity contribution is -0.135. The van der Waals surface area contributed by atoms with E-state index in [4.69, 9.17) is 5.73 Å². The van der Waals surface area contributed by atoms with Crippen LogP contribution >= 0.6 is 0 Å². The van der Waals surface area contributed by atoms with E-state index in [2.05, 4.69) is 5.32 Å². The highest BCUT2D eigenvalue weighted by Gasteiger charge is 2.25.